The Balaban J connectivity index is 1.58. The zero-order valence-corrected chi connectivity index (χ0v) is 29.2. The van der Waals surface area contributed by atoms with E-state index in [-0.39, 0.29) is 63.2 Å². The molecule has 15 nitrogen and oxygen atoms in total. The Labute approximate surface area is 309 Å². The molecule has 3 aromatic carbocycles. The topological polar surface area (TPSA) is 225 Å². The number of fused-ring (bicyclic) bond motifs is 2. The molecule has 1 aliphatic carbocycles. The molecular formula is C36H30Cl2N2O13. The standard InChI is InChI=1S/C36H30Cl2N2O13/c1-18-2-5-28(25(8-18)40(16-34(47)48)17-35(49)50)51-6-7-52-31-9-19(3-4-24(31)39(14-32(43)44)15-33(45)46)36-20-10-22(37)26(41)12-29(20)53-30-13-27(42)23(38)11-21(30)36/h2-5,8-13,41H,6-7,14-17H2,1H3,(H,43,44)(H,45,46)(H,47,48)(H,49,50). The second kappa shape index (κ2) is 16.0. The maximum absolute atomic E-state index is 12.5. The summed E-state index contributed by atoms with van der Waals surface area (Å²) in [5.74, 6) is -5.13. The number of halogens is 2. The Morgan fingerprint density at radius 1 is 0.698 bits per heavy atom. The average Bonchev–Trinajstić information content (AvgIpc) is 3.06. The molecule has 0 amide bonds. The number of aromatic hydroxyl groups is 1. The van der Waals surface area contributed by atoms with Crippen molar-refractivity contribution in [2.24, 2.45) is 0 Å². The molecule has 0 fully saturated rings. The lowest BCUT2D eigenvalue weighted by atomic mass is 9.93. The van der Waals surface area contributed by atoms with Gasteiger partial charge in [-0.05, 0) is 54.4 Å². The van der Waals surface area contributed by atoms with Gasteiger partial charge in [0.25, 0.3) is 0 Å². The summed E-state index contributed by atoms with van der Waals surface area (Å²) in [4.78, 5) is 61.3. The van der Waals surface area contributed by atoms with Crippen LogP contribution in [0.4, 0.5) is 11.4 Å². The highest BCUT2D eigenvalue weighted by atomic mass is 35.5. The number of anilines is 2. The summed E-state index contributed by atoms with van der Waals surface area (Å²) >= 11 is 12.5. The fraction of sp³-hybridized carbons (Fsp3) is 0.194. The minimum atomic E-state index is -1.32. The summed E-state index contributed by atoms with van der Waals surface area (Å²) in [5, 5.41) is 48.6. The number of ether oxygens (including phenoxy) is 2. The Morgan fingerprint density at radius 2 is 1.28 bits per heavy atom. The molecular weight excluding hydrogens is 739 g/mol. The van der Waals surface area contributed by atoms with Crippen LogP contribution in [0.1, 0.15) is 5.56 Å². The van der Waals surface area contributed by atoms with Crippen LogP contribution in [0, 0.1) is 6.92 Å². The molecule has 3 aromatic rings. The lowest BCUT2D eigenvalue weighted by Crippen LogP contribution is -2.35. The second-order valence-corrected chi connectivity index (χ2v) is 12.5. The first-order valence-corrected chi connectivity index (χ1v) is 16.3. The molecule has 0 saturated heterocycles. The number of hydrogen-bond donors (Lipinski definition) is 5. The number of aryl methyl sites for hydroxylation is 1. The lowest BCUT2D eigenvalue weighted by Gasteiger charge is -2.25. The fourth-order valence-corrected chi connectivity index (χ4v) is 5.99. The number of nitrogens with zero attached hydrogens (tertiary/aromatic N) is 2. The van der Waals surface area contributed by atoms with Crippen LogP contribution in [-0.2, 0) is 19.2 Å². The Bertz CT molecular complexity index is 2240. The van der Waals surface area contributed by atoms with Gasteiger partial charge in [0.15, 0.2) is 0 Å². The van der Waals surface area contributed by atoms with E-state index >= 15 is 0 Å². The normalized spacial score (nSPS) is 11.0. The van der Waals surface area contributed by atoms with Crippen molar-refractivity contribution in [2.45, 2.75) is 6.92 Å². The molecule has 0 atom stereocenters. The Hall–Kier alpha value is -6.19. The molecule has 0 spiro atoms. The maximum Gasteiger partial charge on any atom is 0.323 e. The lowest BCUT2D eigenvalue weighted by molar-refractivity contribution is -0.138. The summed E-state index contributed by atoms with van der Waals surface area (Å²) in [6.45, 7) is -1.32. The van der Waals surface area contributed by atoms with Gasteiger partial charge < -0.3 is 49.2 Å². The van der Waals surface area contributed by atoms with Crippen molar-refractivity contribution in [3.05, 3.63) is 86.5 Å². The molecule has 5 N–H and O–H groups in total. The molecule has 2 aliphatic rings. The molecule has 0 aromatic heterocycles. The number of hydrogen-bond acceptors (Lipinski definition) is 11. The zero-order valence-electron chi connectivity index (χ0n) is 27.7. The highest BCUT2D eigenvalue weighted by Crippen LogP contribution is 2.45. The molecule has 0 radical (unpaired) electrons. The van der Waals surface area contributed by atoms with Crippen molar-refractivity contribution < 1.29 is 58.6 Å². The second-order valence-electron chi connectivity index (χ2n) is 11.7. The van der Waals surface area contributed by atoms with Crippen molar-refractivity contribution in [3.8, 4) is 39.7 Å². The molecule has 0 unspecified atom stereocenters. The Morgan fingerprint density at radius 3 is 1.89 bits per heavy atom. The van der Waals surface area contributed by atoms with Gasteiger partial charge in [0.05, 0.1) is 21.4 Å². The first-order valence-electron chi connectivity index (χ1n) is 15.6. The summed E-state index contributed by atoms with van der Waals surface area (Å²) in [6, 6.07) is 14.7. The highest BCUT2D eigenvalue weighted by Gasteiger charge is 2.24. The summed E-state index contributed by atoms with van der Waals surface area (Å²) < 4.78 is 18.0. The van der Waals surface area contributed by atoms with Crippen LogP contribution in [0.2, 0.25) is 10.0 Å². The molecule has 276 valence electrons. The smallest absolute Gasteiger partial charge is 0.323 e. The highest BCUT2D eigenvalue weighted by molar-refractivity contribution is 6.33. The van der Waals surface area contributed by atoms with Gasteiger partial charge in [-0.3, -0.25) is 24.0 Å². The predicted molar refractivity (Wildman–Crippen MR) is 193 cm³/mol. The molecule has 0 saturated carbocycles. The number of phenols is 1. The van der Waals surface area contributed by atoms with Crippen LogP contribution in [0.3, 0.4) is 0 Å². The summed E-state index contributed by atoms with van der Waals surface area (Å²) in [6.07, 6.45) is 0. The van der Waals surface area contributed by atoms with E-state index in [4.69, 9.17) is 37.1 Å². The van der Waals surface area contributed by atoms with Crippen molar-refractivity contribution in [1.29, 1.82) is 0 Å². The minimum Gasteiger partial charge on any atom is -0.506 e. The summed E-state index contributed by atoms with van der Waals surface area (Å²) in [5.41, 5.74) is 1.87. The molecule has 5 rings (SSSR count). The van der Waals surface area contributed by atoms with E-state index in [0.717, 1.165) is 9.80 Å². The van der Waals surface area contributed by atoms with E-state index in [2.05, 4.69) is 0 Å². The molecule has 1 heterocycles. The Kier molecular flexibility index (Phi) is 11.5. The van der Waals surface area contributed by atoms with Crippen LogP contribution in [0.15, 0.2) is 69.9 Å². The number of carboxylic acids is 4. The van der Waals surface area contributed by atoms with E-state index in [1.54, 1.807) is 31.2 Å². The van der Waals surface area contributed by atoms with E-state index in [1.807, 2.05) is 0 Å². The van der Waals surface area contributed by atoms with Gasteiger partial charge >= 0.3 is 23.9 Å². The SMILES string of the molecule is Cc1ccc(OCCOc2cc(-c3c4cc(Cl)c(=O)cc-4oc4cc(O)c(Cl)cc34)ccc2N(CC(=O)O)CC(=O)O)c(N(CC(=O)O)CC(=O)O)c1. The molecule has 17 heteroatoms. The van der Waals surface area contributed by atoms with Crippen LogP contribution >= 0.6 is 23.2 Å². The molecule has 1 aliphatic heterocycles. The number of aliphatic carboxylic acids is 4. The van der Waals surface area contributed by atoms with E-state index < -0.39 is 55.5 Å². The zero-order chi connectivity index (χ0) is 38.6. The van der Waals surface area contributed by atoms with Crippen molar-refractivity contribution in [3.63, 3.8) is 0 Å². The largest absolute Gasteiger partial charge is 0.506 e. The van der Waals surface area contributed by atoms with Crippen molar-refractivity contribution in [2.75, 3.05) is 49.2 Å². The third-order valence-electron chi connectivity index (χ3n) is 7.79. The van der Waals surface area contributed by atoms with E-state index in [1.165, 1.54) is 36.4 Å². The predicted octanol–water partition coefficient (Wildman–Crippen LogP) is 5.29. The van der Waals surface area contributed by atoms with Gasteiger partial charge in [0, 0.05) is 28.6 Å². The number of rotatable bonds is 16. The molecule has 53 heavy (non-hydrogen) atoms. The van der Waals surface area contributed by atoms with Crippen molar-refractivity contribution >= 4 is 69.4 Å². The van der Waals surface area contributed by atoms with Gasteiger partial charge in [0.1, 0.15) is 68.0 Å². The van der Waals surface area contributed by atoms with Crippen LogP contribution in [0.5, 0.6) is 17.2 Å². The van der Waals surface area contributed by atoms with Gasteiger partial charge in [-0.15, -0.1) is 0 Å². The fourth-order valence-electron chi connectivity index (χ4n) is 5.66. The number of benzene rings is 4. The quantitative estimate of drug-likeness (QED) is 0.0635. The van der Waals surface area contributed by atoms with Crippen molar-refractivity contribution in [1.82, 2.24) is 0 Å². The molecule has 0 bridgehead atoms. The van der Waals surface area contributed by atoms with E-state index in [0.29, 0.717) is 27.6 Å². The van der Waals surface area contributed by atoms with Crippen LogP contribution < -0.4 is 24.7 Å². The third-order valence-corrected chi connectivity index (χ3v) is 8.39. The van der Waals surface area contributed by atoms with Crippen LogP contribution in [0.25, 0.3) is 33.4 Å². The summed E-state index contributed by atoms with van der Waals surface area (Å²) in [7, 11) is 0. The first-order chi connectivity index (χ1) is 25.1. The van der Waals surface area contributed by atoms with Gasteiger partial charge in [0.2, 0.25) is 5.43 Å². The van der Waals surface area contributed by atoms with E-state index in [9.17, 15) is 49.5 Å². The maximum atomic E-state index is 12.5. The van der Waals surface area contributed by atoms with Crippen LogP contribution in [-0.4, -0.2) is 88.8 Å². The monoisotopic (exact) mass is 768 g/mol. The minimum absolute atomic E-state index is 0.0140. The number of carbonyl (C=O) groups is 4. The third kappa shape index (κ3) is 9.01. The number of carboxylic acid groups (broad SMARTS) is 4. The van der Waals surface area contributed by atoms with Gasteiger partial charge in [-0.2, -0.15) is 0 Å². The average molecular weight is 770 g/mol. The van der Waals surface area contributed by atoms with Gasteiger partial charge in [-0.1, -0.05) is 35.3 Å². The first kappa shape index (κ1) is 38.1. The van der Waals surface area contributed by atoms with Gasteiger partial charge in [-0.25, -0.2) is 0 Å². The number of phenolic OH excluding ortho intramolecular Hbond substituents is 1.